The summed E-state index contributed by atoms with van der Waals surface area (Å²) in [5.41, 5.74) is 1.99. The summed E-state index contributed by atoms with van der Waals surface area (Å²) < 4.78 is 28.0. The Hall–Kier alpha value is -1.40. The van der Waals surface area contributed by atoms with Crippen molar-refractivity contribution in [1.82, 2.24) is 4.90 Å². The van der Waals surface area contributed by atoms with Crippen LogP contribution < -0.4 is 0 Å². The number of ether oxygens (including phenoxy) is 1. The van der Waals surface area contributed by atoms with Gasteiger partial charge in [0.25, 0.3) is 0 Å². The Labute approximate surface area is 125 Å². The average Bonchev–Trinajstić information content (AvgIpc) is 2.43. The molecule has 0 saturated carbocycles. The first-order chi connectivity index (χ1) is 9.91. The van der Waals surface area contributed by atoms with E-state index in [-0.39, 0.29) is 29.9 Å². The highest BCUT2D eigenvalue weighted by Crippen LogP contribution is 2.18. The summed E-state index contributed by atoms with van der Waals surface area (Å²) >= 11 is 0. The highest BCUT2D eigenvalue weighted by atomic mass is 32.2. The molecule has 1 fully saturated rings. The van der Waals surface area contributed by atoms with Crippen molar-refractivity contribution < 1.29 is 17.9 Å². The van der Waals surface area contributed by atoms with Crippen molar-refractivity contribution in [1.29, 1.82) is 0 Å². The molecule has 0 aromatic heterocycles. The van der Waals surface area contributed by atoms with Crippen LogP contribution in [0.4, 0.5) is 0 Å². The SMILES string of the molecule is COC(=O)Cc1ccccc1CN1CCS(=O)(=O)CC1C. The Kier molecular flexibility index (Phi) is 5.00. The van der Waals surface area contributed by atoms with Crippen LogP contribution in [-0.2, 0) is 32.3 Å². The third kappa shape index (κ3) is 4.28. The van der Waals surface area contributed by atoms with Crippen LogP contribution in [0.25, 0.3) is 0 Å². The van der Waals surface area contributed by atoms with E-state index in [0.717, 1.165) is 11.1 Å². The molecule has 0 N–H and O–H groups in total. The van der Waals surface area contributed by atoms with Gasteiger partial charge in [0.15, 0.2) is 9.84 Å². The molecule has 0 amide bonds. The smallest absolute Gasteiger partial charge is 0.309 e. The molecular weight excluding hydrogens is 290 g/mol. The van der Waals surface area contributed by atoms with Gasteiger partial charge < -0.3 is 4.74 Å². The van der Waals surface area contributed by atoms with E-state index in [4.69, 9.17) is 4.74 Å². The van der Waals surface area contributed by atoms with E-state index >= 15 is 0 Å². The zero-order chi connectivity index (χ0) is 15.5. The van der Waals surface area contributed by atoms with Crippen LogP contribution in [0.5, 0.6) is 0 Å². The van der Waals surface area contributed by atoms with Crippen LogP contribution in [0.1, 0.15) is 18.1 Å². The highest BCUT2D eigenvalue weighted by molar-refractivity contribution is 7.91. The van der Waals surface area contributed by atoms with Crippen molar-refractivity contribution in [3.63, 3.8) is 0 Å². The van der Waals surface area contributed by atoms with Gasteiger partial charge in [-0.15, -0.1) is 0 Å². The molecule has 5 nitrogen and oxygen atoms in total. The molecule has 1 aliphatic rings. The molecule has 1 saturated heterocycles. The first-order valence-corrected chi connectivity index (χ1v) is 8.81. The van der Waals surface area contributed by atoms with E-state index in [1.807, 2.05) is 31.2 Å². The van der Waals surface area contributed by atoms with Crippen molar-refractivity contribution in [3.05, 3.63) is 35.4 Å². The quantitative estimate of drug-likeness (QED) is 0.777. The maximum absolute atomic E-state index is 11.6. The van der Waals surface area contributed by atoms with Gasteiger partial charge in [0.05, 0.1) is 25.0 Å². The van der Waals surface area contributed by atoms with Gasteiger partial charge in [-0.05, 0) is 18.1 Å². The minimum absolute atomic E-state index is 0.00469. The first kappa shape index (κ1) is 16.0. The van der Waals surface area contributed by atoms with E-state index in [1.165, 1.54) is 7.11 Å². The number of carbonyl (C=O) groups is 1. The molecule has 0 radical (unpaired) electrons. The zero-order valence-electron chi connectivity index (χ0n) is 12.4. The lowest BCUT2D eigenvalue weighted by atomic mass is 10.0. The van der Waals surface area contributed by atoms with Gasteiger partial charge in [-0.3, -0.25) is 9.69 Å². The van der Waals surface area contributed by atoms with Gasteiger partial charge in [0.2, 0.25) is 0 Å². The second-order valence-corrected chi connectivity index (χ2v) is 7.68. The largest absolute Gasteiger partial charge is 0.469 e. The van der Waals surface area contributed by atoms with E-state index in [0.29, 0.717) is 13.1 Å². The fraction of sp³-hybridized carbons (Fsp3) is 0.533. The van der Waals surface area contributed by atoms with Gasteiger partial charge in [-0.1, -0.05) is 24.3 Å². The van der Waals surface area contributed by atoms with Gasteiger partial charge in [0.1, 0.15) is 0 Å². The summed E-state index contributed by atoms with van der Waals surface area (Å²) in [6.07, 6.45) is 0.243. The van der Waals surface area contributed by atoms with Gasteiger partial charge in [-0.25, -0.2) is 8.42 Å². The van der Waals surface area contributed by atoms with E-state index in [2.05, 4.69) is 4.90 Å². The van der Waals surface area contributed by atoms with Gasteiger partial charge >= 0.3 is 5.97 Å². The lowest BCUT2D eigenvalue weighted by Crippen LogP contribution is -2.46. The van der Waals surface area contributed by atoms with Crippen LogP contribution in [0.2, 0.25) is 0 Å². The molecule has 1 aromatic rings. The van der Waals surface area contributed by atoms with Crippen molar-refractivity contribution >= 4 is 15.8 Å². The number of hydrogen-bond donors (Lipinski definition) is 0. The summed E-state index contributed by atoms with van der Waals surface area (Å²) in [5.74, 6) is 0.139. The minimum Gasteiger partial charge on any atom is -0.469 e. The molecule has 21 heavy (non-hydrogen) atoms. The number of methoxy groups -OCH3 is 1. The van der Waals surface area contributed by atoms with Crippen LogP contribution in [0.3, 0.4) is 0 Å². The average molecular weight is 311 g/mol. The maximum atomic E-state index is 11.6. The third-order valence-corrected chi connectivity index (χ3v) is 5.66. The Morgan fingerprint density at radius 1 is 1.33 bits per heavy atom. The van der Waals surface area contributed by atoms with Crippen LogP contribution in [0.15, 0.2) is 24.3 Å². The fourth-order valence-corrected chi connectivity index (χ4v) is 4.22. The minimum atomic E-state index is -2.91. The number of carbonyl (C=O) groups excluding carboxylic acids is 1. The summed E-state index contributed by atoms with van der Waals surface area (Å²) in [4.78, 5) is 13.6. The third-order valence-electron chi connectivity index (χ3n) is 3.86. The fourth-order valence-electron chi connectivity index (χ4n) is 2.60. The van der Waals surface area contributed by atoms with Crippen molar-refractivity contribution in [2.75, 3.05) is 25.2 Å². The summed E-state index contributed by atoms with van der Waals surface area (Å²) in [6.45, 7) is 3.12. The van der Waals surface area contributed by atoms with Gasteiger partial charge in [-0.2, -0.15) is 0 Å². The standard InChI is InChI=1S/C15H21NO4S/c1-12-11-21(18,19)8-7-16(12)10-14-6-4-3-5-13(14)9-15(17)20-2/h3-6,12H,7-11H2,1-2H3. The Morgan fingerprint density at radius 3 is 2.62 bits per heavy atom. The zero-order valence-corrected chi connectivity index (χ0v) is 13.2. The van der Waals surface area contributed by atoms with E-state index in [9.17, 15) is 13.2 Å². The molecule has 1 aromatic carbocycles. The lowest BCUT2D eigenvalue weighted by Gasteiger charge is -2.33. The predicted molar refractivity (Wildman–Crippen MR) is 80.7 cm³/mol. The Morgan fingerprint density at radius 2 is 2.00 bits per heavy atom. The second-order valence-electron chi connectivity index (χ2n) is 5.46. The van der Waals surface area contributed by atoms with Crippen molar-refractivity contribution in [2.45, 2.75) is 25.9 Å². The molecule has 1 atom stereocenters. The number of sulfone groups is 1. The predicted octanol–water partition coefficient (Wildman–Crippen LogP) is 1.02. The molecule has 1 unspecified atom stereocenters. The van der Waals surface area contributed by atoms with Crippen LogP contribution >= 0.6 is 0 Å². The number of esters is 1. The lowest BCUT2D eigenvalue weighted by molar-refractivity contribution is -0.139. The summed E-state index contributed by atoms with van der Waals surface area (Å²) in [5, 5.41) is 0. The normalized spacial score (nSPS) is 21.9. The molecule has 6 heteroatoms. The molecule has 1 heterocycles. The number of hydrogen-bond acceptors (Lipinski definition) is 5. The number of rotatable bonds is 4. The Balaban J connectivity index is 2.11. The molecule has 0 bridgehead atoms. The maximum Gasteiger partial charge on any atom is 0.309 e. The van der Waals surface area contributed by atoms with Crippen LogP contribution in [-0.4, -0.2) is 50.5 Å². The van der Waals surface area contributed by atoms with Crippen LogP contribution in [0, 0.1) is 0 Å². The first-order valence-electron chi connectivity index (χ1n) is 6.99. The van der Waals surface area contributed by atoms with Crippen molar-refractivity contribution in [2.24, 2.45) is 0 Å². The monoisotopic (exact) mass is 311 g/mol. The van der Waals surface area contributed by atoms with E-state index < -0.39 is 9.84 Å². The second kappa shape index (κ2) is 6.58. The Bertz CT molecular complexity index is 612. The topological polar surface area (TPSA) is 63.7 Å². The molecule has 0 spiro atoms. The molecular formula is C15H21NO4S. The molecule has 1 aliphatic heterocycles. The molecule has 0 aliphatic carbocycles. The number of benzene rings is 1. The van der Waals surface area contributed by atoms with E-state index in [1.54, 1.807) is 0 Å². The summed E-state index contributed by atoms with van der Waals surface area (Å²) in [7, 11) is -1.53. The van der Waals surface area contributed by atoms with Crippen molar-refractivity contribution in [3.8, 4) is 0 Å². The molecule has 116 valence electrons. The number of nitrogens with zero attached hydrogens (tertiary/aromatic N) is 1. The molecule has 2 rings (SSSR count). The van der Waals surface area contributed by atoms with Gasteiger partial charge in [0, 0.05) is 19.1 Å². The summed E-state index contributed by atoms with van der Waals surface area (Å²) in [6, 6.07) is 7.72. The highest BCUT2D eigenvalue weighted by Gasteiger charge is 2.28.